The number of aryl methyl sites for hydroxylation is 1. The molecule has 0 unspecified atom stereocenters. The van der Waals surface area contributed by atoms with Crippen LogP contribution >= 0.6 is 0 Å². The van der Waals surface area contributed by atoms with Gasteiger partial charge in [0, 0.05) is 5.56 Å². The summed E-state index contributed by atoms with van der Waals surface area (Å²) >= 11 is 0. The summed E-state index contributed by atoms with van der Waals surface area (Å²) in [5.74, 6) is 0.832. The van der Waals surface area contributed by atoms with Crippen molar-refractivity contribution in [3.63, 3.8) is 0 Å². The number of carbonyl (C=O) groups excluding carboxylic acids is 1. The van der Waals surface area contributed by atoms with Crippen molar-refractivity contribution in [1.82, 2.24) is 15.4 Å². The number of benzene rings is 2. The Bertz CT molecular complexity index is 792. The zero-order valence-electron chi connectivity index (χ0n) is 11.9. The molecule has 0 spiro atoms. The highest BCUT2D eigenvalue weighted by molar-refractivity contribution is 5.96. The molecule has 0 atom stereocenters. The molecule has 22 heavy (non-hydrogen) atoms. The molecule has 0 radical (unpaired) electrons. The van der Waals surface area contributed by atoms with E-state index in [9.17, 15) is 4.79 Å². The molecule has 110 valence electrons. The zero-order chi connectivity index (χ0) is 15.5. The van der Waals surface area contributed by atoms with Crippen molar-refractivity contribution in [3.05, 3.63) is 59.8 Å². The third-order valence-corrected chi connectivity index (χ3v) is 3.17. The highest BCUT2D eigenvalue weighted by atomic mass is 16.5. The van der Waals surface area contributed by atoms with Crippen molar-refractivity contribution in [2.75, 3.05) is 0 Å². The van der Waals surface area contributed by atoms with E-state index in [2.05, 4.69) is 15.4 Å². The molecule has 0 saturated heterocycles. The fourth-order valence-corrected chi connectivity index (χ4v) is 2.03. The maximum Gasteiger partial charge on any atom is 0.271 e. The number of aromatic nitrogens is 3. The van der Waals surface area contributed by atoms with E-state index in [1.54, 1.807) is 24.3 Å². The Morgan fingerprint density at radius 3 is 2.18 bits per heavy atom. The lowest BCUT2D eigenvalue weighted by molar-refractivity contribution is 0.0996. The Morgan fingerprint density at radius 2 is 1.59 bits per heavy atom. The van der Waals surface area contributed by atoms with Gasteiger partial charge in [-0.25, -0.2) is 0 Å². The average molecular weight is 294 g/mol. The van der Waals surface area contributed by atoms with Crippen molar-refractivity contribution >= 4 is 5.91 Å². The van der Waals surface area contributed by atoms with Gasteiger partial charge in [-0.05, 0) is 43.3 Å². The van der Waals surface area contributed by atoms with Crippen LogP contribution in [0.2, 0.25) is 0 Å². The number of nitrogens with one attached hydrogen (secondary N) is 1. The maximum atomic E-state index is 11.3. The number of carbonyl (C=O) groups is 1. The van der Waals surface area contributed by atoms with Crippen molar-refractivity contribution in [3.8, 4) is 22.8 Å². The summed E-state index contributed by atoms with van der Waals surface area (Å²) in [6, 6.07) is 15.0. The van der Waals surface area contributed by atoms with E-state index >= 15 is 0 Å². The molecule has 6 nitrogen and oxygen atoms in total. The van der Waals surface area contributed by atoms with Crippen molar-refractivity contribution in [2.24, 2.45) is 5.73 Å². The first-order valence-electron chi connectivity index (χ1n) is 6.69. The zero-order valence-corrected chi connectivity index (χ0v) is 11.9. The van der Waals surface area contributed by atoms with Crippen molar-refractivity contribution < 1.29 is 9.53 Å². The molecular weight excluding hydrogens is 280 g/mol. The molecule has 0 saturated carbocycles. The molecule has 3 N–H and O–H groups in total. The van der Waals surface area contributed by atoms with Gasteiger partial charge < -0.3 is 10.5 Å². The van der Waals surface area contributed by atoms with E-state index in [-0.39, 0.29) is 5.69 Å². The molecule has 1 amide bonds. The van der Waals surface area contributed by atoms with Gasteiger partial charge in [0.05, 0.1) is 0 Å². The predicted molar refractivity (Wildman–Crippen MR) is 81.6 cm³/mol. The van der Waals surface area contributed by atoms with Crippen LogP contribution in [0.3, 0.4) is 0 Å². The van der Waals surface area contributed by atoms with Gasteiger partial charge in [0.2, 0.25) is 0 Å². The average Bonchev–Trinajstić information content (AvgIpc) is 3.00. The van der Waals surface area contributed by atoms with Crippen LogP contribution in [0.5, 0.6) is 11.5 Å². The maximum absolute atomic E-state index is 11.3. The first-order valence-corrected chi connectivity index (χ1v) is 6.69. The molecule has 3 aromatic rings. The number of aromatic amines is 1. The van der Waals surface area contributed by atoms with E-state index < -0.39 is 5.91 Å². The van der Waals surface area contributed by atoms with Crippen LogP contribution in [0.1, 0.15) is 16.1 Å². The summed E-state index contributed by atoms with van der Waals surface area (Å²) in [4.78, 5) is 11.3. The van der Waals surface area contributed by atoms with Gasteiger partial charge in [-0.1, -0.05) is 17.7 Å². The summed E-state index contributed by atoms with van der Waals surface area (Å²) in [5.41, 5.74) is 7.71. The molecular formula is C16H14N4O2. The van der Waals surface area contributed by atoms with Gasteiger partial charge in [0.1, 0.15) is 17.2 Å². The number of nitrogens with two attached hydrogens (primary N) is 1. The van der Waals surface area contributed by atoms with Gasteiger partial charge in [-0.15, -0.1) is 0 Å². The van der Waals surface area contributed by atoms with Gasteiger partial charge in [0.25, 0.3) is 5.91 Å². The van der Waals surface area contributed by atoms with Crippen molar-refractivity contribution in [2.45, 2.75) is 6.92 Å². The van der Waals surface area contributed by atoms with E-state index in [1.807, 2.05) is 31.2 Å². The molecule has 6 heteroatoms. The first kappa shape index (κ1) is 13.8. The largest absolute Gasteiger partial charge is 0.457 e. The van der Waals surface area contributed by atoms with E-state index in [0.29, 0.717) is 11.4 Å². The Kier molecular flexibility index (Phi) is 3.57. The van der Waals surface area contributed by atoms with Crippen molar-refractivity contribution in [1.29, 1.82) is 0 Å². The van der Waals surface area contributed by atoms with Gasteiger partial charge in [0.15, 0.2) is 5.69 Å². The lowest BCUT2D eigenvalue weighted by Gasteiger charge is -2.06. The number of nitrogens with zero attached hydrogens (tertiary/aromatic N) is 2. The Balaban J connectivity index is 1.82. The minimum atomic E-state index is -0.622. The third kappa shape index (κ3) is 2.80. The number of H-pyrrole nitrogens is 1. The van der Waals surface area contributed by atoms with Crippen LogP contribution in [-0.4, -0.2) is 21.3 Å². The van der Waals surface area contributed by atoms with Crippen LogP contribution in [0.4, 0.5) is 0 Å². The van der Waals surface area contributed by atoms with Crippen LogP contribution in [-0.2, 0) is 0 Å². The second kappa shape index (κ2) is 5.69. The lowest BCUT2D eigenvalue weighted by Crippen LogP contribution is -2.12. The Hall–Kier alpha value is -3.15. The first-order chi connectivity index (χ1) is 10.6. The van der Waals surface area contributed by atoms with Gasteiger partial charge in [-0.2, -0.15) is 15.4 Å². The fraction of sp³-hybridized carbons (Fsp3) is 0.0625. The Morgan fingerprint density at radius 1 is 1.00 bits per heavy atom. The number of primary amides is 1. The predicted octanol–water partition coefficient (Wildman–Crippen LogP) is 2.67. The van der Waals surface area contributed by atoms with E-state index in [1.165, 1.54) is 5.56 Å². The number of hydrogen-bond donors (Lipinski definition) is 2. The normalized spacial score (nSPS) is 10.4. The van der Waals surface area contributed by atoms with Gasteiger partial charge in [-0.3, -0.25) is 4.79 Å². The Labute approximate surface area is 126 Å². The smallest absolute Gasteiger partial charge is 0.271 e. The molecule has 1 heterocycles. The van der Waals surface area contributed by atoms with E-state index in [4.69, 9.17) is 10.5 Å². The number of ether oxygens (including phenoxy) is 1. The van der Waals surface area contributed by atoms with Crippen LogP contribution in [0.25, 0.3) is 11.3 Å². The standard InChI is InChI=1S/C16H14N4O2/c1-10-2-6-12(7-3-10)22-13-8-4-11(5-9-13)14-15(16(17)21)19-20-18-14/h2-9H,1H3,(H2,17,21)(H,18,19,20). The molecule has 3 rings (SSSR count). The molecule has 0 aliphatic carbocycles. The molecule has 0 fully saturated rings. The minimum Gasteiger partial charge on any atom is -0.457 e. The summed E-state index contributed by atoms with van der Waals surface area (Å²) in [6.07, 6.45) is 0. The van der Waals surface area contributed by atoms with Crippen LogP contribution < -0.4 is 10.5 Å². The number of amides is 1. The summed E-state index contributed by atoms with van der Waals surface area (Å²) < 4.78 is 5.75. The monoisotopic (exact) mass is 294 g/mol. The summed E-state index contributed by atoms with van der Waals surface area (Å²) in [5, 5.41) is 10.1. The molecule has 0 bridgehead atoms. The topological polar surface area (TPSA) is 93.9 Å². The molecule has 1 aromatic heterocycles. The fourth-order valence-electron chi connectivity index (χ4n) is 2.03. The SMILES string of the molecule is Cc1ccc(Oc2ccc(-c3n[nH]nc3C(N)=O)cc2)cc1. The quantitative estimate of drug-likeness (QED) is 0.773. The number of hydrogen-bond acceptors (Lipinski definition) is 4. The second-order valence-corrected chi connectivity index (χ2v) is 4.82. The minimum absolute atomic E-state index is 0.118. The second-order valence-electron chi connectivity index (χ2n) is 4.82. The van der Waals surface area contributed by atoms with Crippen LogP contribution in [0, 0.1) is 6.92 Å². The van der Waals surface area contributed by atoms with Crippen LogP contribution in [0.15, 0.2) is 48.5 Å². The molecule has 0 aliphatic rings. The highest BCUT2D eigenvalue weighted by Crippen LogP contribution is 2.26. The van der Waals surface area contributed by atoms with E-state index in [0.717, 1.165) is 11.3 Å². The lowest BCUT2D eigenvalue weighted by atomic mass is 10.1. The highest BCUT2D eigenvalue weighted by Gasteiger charge is 2.14. The molecule has 0 aliphatic heterocycles. The molecule has 2 aromatic carbocycles. The third-order valence-electron chi connectivity index (χ3n) is 3.17. The summed E-state index contributed by atoms with van der Waals surface area (Å²) in [6.45, 7) is 2.02. The number of rotatable bonds is 4. The summed E-state index contributed by atoms with van der Waals surface area (Å²) in [7, 11) is 0. The van der Waals surface area contributed by atoms with Gasteiger partial charge >= 0.3 is 0 Å².